The van der Waals surface area contributed by atoms with Crippen LogP contribution in [0.1, 0.15) is 44.6 Å². The molecule has 6 nitrogen and oxygen atoms in total. The van der Waals surface area contributed by atoms with Crippen LogP contribution in [0.25, 0.3) is 0 Å². The van der Waals surface area contributed by atoms with Crippen LogP contribution in [-0.4, -0.2) is 39.3 Å². The summed E-state index contributed by atoms with van der Waals surface area (Å²) >= 11 is 0. The highest BCUT2D eigenvalue weighted by atomic mass is 16.8. The zero-order chi connectivity index (χ0) is 15.2. The standard InChI is InChI=1S/C16H22N2O4/c19-10-11-9-12(18-8-4-7-17-15(18)20)14-13(11)21-16(22-14)5-2-1-3-6-16/h4,7-8,11-14,19H,1-3,5-6,9-10H2/t11-,12-,13-,14+/m1/s1. The molecule has 1 spiro atoms. The van der Waals surface area contributed by atoms with Gasteiger partial charge in [0.15, 0.2) is 5.79 Å². The molecule has 1 aliphatic heterocycles. The quantitative estimate of drug-likeness (QED) is 0.890. The molecular formula is C16H22N2O4. The molecule has 4 rings (SSSR count). The van der Waals surface area contributed by atoms with Gasteiger partial charge < -0.3 is 14.6 Å². The lowest BCUT2D eigenvalue weighted by molar-refractivity contribution is -0.206. The predicted molar refractivity (Wildman–Crippen MR) is 78.3 cm³/mol. The van der Waals surface area contributed by atoms with Crippen LogP contribution in [-0.2, 0) is 9.47 Å². The lowest BCUT2D eigenvalue weighted by atomic mass is 9.94. The maximum absolute atomic E-state index is 12.1. The number of fused-ring (bicyclic) bond motifs is 1. The third-order valence-electron chi connectivity index (χ3n) is 5.36. The van der Waals surface area contributed by atoms with Crippen LogP contribution in [0, 0.1) is 5.92 Å². The summed E-state index contributed by atoms with van der Waals surface area (Å²) in [6.07, 6.45) is 8.92. The molecule has 120 valence electrons. The molecule has 3 aliphatic rings. The smallest absolute Gasteiger partial charge is 0.347 e. The first kappa shape index (κ1) is 14.4. The van der Waals surface area contributed by atoms with Gasteiger partial charge >= 0.3 is 5.69 Å². The highest BCUT2D eigenvalue weighted by Crippen LogP contribution is 2.50. The number of aromatic nitrogens is 2. The number of hydrogen-bond acceptors (Lipinski definition) is 5. The first-order valence-corrected chi connectivity index (χ1v) is 8.22. The third kappa shape index (κ3) is 2.21. The van der Waals surface area contributed by atoms with Gasteiger partial charge in [0.05, 0.1) is 12.1 Å². The molecule has 1 aromatic rings. The number of aliphatic hydroxyl groups is 1. The van der Waals surface area contributed by atoms with E-state index in [0.29, 0.717) is 6.42 Å². The van der Waals surface area contributed by atoms with Gasteiger partial charge in [-0.3, -0.25) is 4.57 Å². The van der Waals surface area contributed by atoms with Gasteiger partial charge in [-0.1, -0.05) is 6.42 Å². The van der Waals surface area contributed by atoms with Crippen molar-refractivity contribution in [3.8, 4) is 0 Å². The molecule has 0 amide bonds. The van der Waals surface area contributed by atoms with Gasteiger partial charge in [0.2, 0.25) is 0 Å². The van der Waals surface area contributed by atoms with E-state index in [-0.39, 0.29) is 36.5 Å². The Labute approximate surface area is 129 Å². The van der Waals surface area contributed by atoms with Crippen LogP contribution in [0.15, 0.2) is 23.3 Å². The summed E-state index contributed by atoms with van der Waals surface area (Å²) in [4.78, 5) is 15.9. The zero-order valence-corrected chi connectivity index (χ0v) is 12.6. The average molecular weight is 306 g/mol. The molecule has 0 bridgehead atoms. The van der Waals surface area contributed by atoms with E-state index in [4.69, 9.17) is 9.47 Å². The van der Waals surface area contributed by atoms with Crippen LogP contribution < -0.4 is 5.69 Å². The van der Waals surface area contributed by atoms with Crippen molar-refractivity contribution in [2.75, 3.05) is 6.61 Å². The van der Waals surface area contributed by atoms with Crippen molar-refractivity contribution in [2.24, 2.45) is 5.92 Å². The number of aliphatic hydroxyl groups excluding tert-OH is 1. The summed E-state index contributed by atoms with van der Waals surface area (Å²) in [6, 6.07) is 1.65. The maximum Gasteiger partial charge on any atom is 0.347 e. The van der Waals surface area contributed by atoms with E-state index in [2.05, 4.69) is 4.98 Å². The number of hydrogen-bond donors (Lipinski definition) is 1. The van der Waals surface area contributed by atoms with Crippen molar-refractivity contribution >= 4 is 0 Å². The zero-order valence-electron chi connectivity index (χ0n) is 12.6. The van der Waals surface area contributed by atoms with E-state index < -0.39 is 5.79 Å². The Morgan fingerprint density at radius 3 is 2.77 bits per heavy atom. The van der Waals surface area contributed by atoms with Crippen LogP contribution in [0.3, 0.4) is 0 Å². The van der Waals surface area contributed by atoms with E-state index in [1.807, 2.05) is 0 Å². The van der Waals surface area contributed by atoms with E-state index in [1.165, 1.54) is 12.6 Å². The lowest BCUT2D eigenvalue weighted by Crippen LogP contribution is -2.37. The molecule has 0 radical (unpaired) electrons. The van der Waals surface area contributed by atoms with E-state index in [9.17, 15) is 9.90 Å². The topological polar surface area (TPSA) is 73.6 Å². The monoisotopic (exact) mass is 306 g/mol. The first-order valence-electron chi connectivity index (χ1n) is 8.22. The molecule has 2 heterocycles. The minimum atomic E-state index is -0.495. The largest absolute Gasteiger partial charge is 0.396 e. The Bertz CT molecular complexity index is 596. The fourth-order valence-electron chi connectivity index (χ4n) is 4.30. The van der Waals surface area contributed by atoms with Gasteiger partial charge in [-0.05, 0) is 25.3 Å². The third-order valence-corrected chi connectivity index (χ3v) is 5.36. The molecule has 1 N–H and O–H groups in total. The van der Waals surface area contributed by atoms with Crippen molar-refractivity contribution < 1.29 is 14.6 Å². The molecule has 0 aromatic carbocycles. The van der Waals surface area contributed by atoms with Gasteiger partial charge in [-0.25, -0.2) is 9.78 Å². The first-order chi connectivity index (χ1) is 10.7. The van der Waals surface area contributed by atoms with Gasteiger partial charge in [0, 0.05) is 37.8 Å². The molecule has 2 saturated carbocycles. The SMILES string of the molecule is O=c1ncccn1[C@@H]1C[C@H](CO)[C@H]2OC3(CCCCC3)O[C@H]21. The van der Waals surface area contributed by atoms with E-state index in [0.717, 1.165) is 25.7 Å². The second-order valence-corrected chi connectivity index (χ2v) is 6.69. The van der Waals surface area contributed by atoms with E-state index in [1.54, 1.807) is 16.8 Å². The van der Waals surface area contributed by atoms with Crippen molar-refractivity contribution in [2.45, 2.75) is 62.6 Å². The maximum atomic E-state index is 12.1. The predicted octanol–water partition coefficient (Wildman–Crippen LogP) is 1.24. The van der Waals surface area contributed by atoms with Crippen molar-refractivity contribution in [3.63, 3.8) is 0 Å². The van der Waals surface area contributed by atoms with Gasteiger partial charge in [0.25, 0.3) is 0 Å². The molecule has 1 aromatic heterocycles. The lowest BCUT2D eigenvalue weighted by Gasteiger charge is -2.34. The molecule has 6 heteroatoms. The molecule has 4 atom stereocenters. The molecule has 1 saturated heterocycles. The molecular weight excluding hydrogens is 284 g/mol. The van der Waals surface area contributed by atoms with Crippen LogP contribution in [0.4, 0.5) is 0 Å². The van der Waals surface area contributed by atoms with Gasteiger partial charge in [-0.2, -0.15) is 0 Å². The molecule has 2 aliphatic carbocycles. The summed E-state index contributed by atoms with van der Waals surface area (Å²) in [7, 11) is 0. The van der Waals surface area contributed by atoms with Gasteiger partial charge in [0.1, 0.15) is 6.10 Å². The Hall–Kier alpha value is -1.24. The Morgan fingerprint density at radius 2 is 2.05 bits per heavy atom. The molecule has 22 heavy (non-hydrogen) atoms. The number of nitrogens with zero attached hydrogens (tertiary/aromatic N) is 2. The molecule has 3 fully saturated rings. The fraction of sp³-hybridized carbons (Fsp3) is 0.750. The van der Waals surface area contributed by atoms with Crippen molar-refractivity contribution in [1.82, 2.24) is 9.55 Å². The minimum absolute atomic E-state index is 0.0170. The second kappa shape index (κ2) is 5.44. The Kier molecular flexibility index (Phi) is 3.55. The highest BCUT2D eigenvalue weighted by molar-refractivity contribution is 5.03. The Morgan fingerprint density at radius 1 is 1.27 bits per heavy atom. The summed E-state index contributed by atoms with van der Waals surface area (Å²) in [5, 5.41) is 9.70. The second-order valence-electron chi connectivity index (χ2n) is 6.69. The average Bonchev–Trinajstić information content (AvgIpc) is 3.04. The molecule has 0 unspecified atom stereocenters. The summed E-state index contributed by atoms with van der Waals surface area (Å²) in [5.41, 5.74) is -0.266. The normalized spacial score (nSPS) is 36.6. The number of ether oxygens (including phenoxy) is 2. The van der Waals surface area contributed by atoms with Crippen molar-refractivity contribution in [3.05, 3.63) is 28.9 Å². The summed E-state index contributed by atoms with van der Waals surface area (Å²) in [6.45, 7) is 0.0616. The minimum Gasteiger partial charge on any atom is -0.396 e. The van der Waals surface area contributed by atoms with Gasteiger partial charge in [-0.15, -0.1) is 0 Å². The Balaban J connectivity index is 1.65. The summed E-state index contributed by atoms with van der Waals surface area (Å²) in [5.74, 6) is -0.478. The summed E-state index contributed by atoms with van der Waals surface area (Å²) < 4.78 is 14.3. The fourth-order valence-corrected chi connectivity index (χ4v) is 4.30. The van der Waals surface area contributed by atoms with Crippen molar-refractivity contribution in [1.29, 1.82) is 0 Å². The van der Waals surface area contributed by atoms with E-state index >= 15 is 0 Å². The highest BCUT2D eigenvalue weighted by Gasteiger charge is 2.57. The van der Waals surface area contributed by atoms with Crippen LogP contribution >= 0.6 is 0 Å². The number of rotatable bonds is 2. The van der Waals surface area contributed by atoms with Crippen LogP contribution in [0.2, 0.25) is 0 Å². The van der Waals surface area contributed by atoms with Crippen LogP contribution in [0.5, 0.6) is 0 Å².